The Labute approximate surface area is 118 Å². The van der Waals surface area contributed by atoms with E-state index in [-0.39, 0.29) is 22.6 Å². The lowest BCUT2D eigenvalue weighted by atomic mass is 10.1. The van der Waals surface area contributed by atoms with Gasteiger partial charge in [-0.05, 0) is 45.0 Å². The molecule has 0 aliphatic carbocycles. The molecular formula is C16H18N2O2. The molecule has 1 aromatic heterocycles. The van der Waals surface area contributed by atoms with Crippen molar-refractivity contribution in [2.24, 2.45) is 0 Å². The summed E-state index contributed by atoms with van der Waals surface area (Å²) in [6.45, 7) is 5.64. The first-order valence-corrected chi connectivity index (χ1v) is 6.48. The number of aromatic nitrogens is 1. The molecule has 0 aliphatic rings. The third-order valence-corrected chi connectivity index (χ3v) is 2.71. The third kappa shape index (κ3) is 3.15. The van der Waals surface area contributed by atoms with Crippen molar-refractivity contribution in [3.8, 4) is 5.69 Å². The third-order valence-electron chi connectivity index (χ3n) is 2.71. The van der Waals surface area contributed by atoms with Crippen LogP contribution in [0.2, 0.25) is 0 Å². The largest absolute Gasteiger partial charge is 0.347 e. The van der Waals surface area contributed by atoms with Gasteiger partial charge in [-0.15, -0.1) is 0 Å². The first kappa shape index (κ1) is 14.1. The van der Waals surface area contributed by atoms with E-state index in [0.29, 0.717) is 0 Å². The van der Waals surface area contributed by atoms with Crippen LogP contribution in [-0.2, 0) is 0 Å². The van der Waals surface area contributed by atoms with Gasteiger partial charge >= 0.3 is 0 Å². The molecule has 1 heterocycles. The molecule has 0 fully saturated rings. The van der Waals surface area contributed by atoms with Gasteiger partial charge in [0.15, 0.2) is 0 Å². The van der Waals surface area contributed by atoms with Gasteiger partial charge in [-0.25, -0.2) is 0 Å². The van der Waals surface area contributed by atoms with Crippen LogP contribution in [-0.4, -0.2) is 16.0 Å². The second-order valence-electron chi connectivity index (χ2n) is 5.64. The summed E-state index contributed by atoms with van der Waals surface area (Å²) in [5.41, 5.74) is 0.186. The van der Waals surface area contributed by atoms with Crippen LogP contribution in [0.15, 0.2) is 53.5 Å². The molecule has 0 bridgehead atoms. The van der Waals surface area contributed by atoms with E-state index in [4.69, 9.17) is 0 Å². The van der Waals surface area contributed by atoms with Crippen molar-refractivity contribution in [3.63, 3.8) is 0 Å². The van der Waals surface area contributed by atoms with Crippen LogP contribution < -0.4 is 10.9 Å². The number of nitrogens with zero attached hydrogens (tertiary/aromatic N) is 1. The van der Waals surface area contributed by atoms with Gasteiger partial charge in [-0.1, -0.05) is 18.2 Å². The summed E-state index contributed by atoms with van der Waals surface area (Å²) in [7, 11) is 0. The van der Waals surface area contributed by atoms with Gasteiger partial charge < -0.3 is 5.32 Å². The second kappa shape index (κ2) is 5.33. The molecule has 0 saturated heterocycles. The molecule has 0 saturated carbocycles. The fourth-order valence-corrected chi connectivity index (χ4v) is 1.87. The van der Waals surface area contributed by atoms with Crippen molar-refractivity contribution >= 4 is 5.91 Å². The predicted octanol–water partition coefficient (Wildman–Crippen LogP) is 2.37. The van der Waals surface area contributed by atoms with E-state index < -0.39 is 0 Å². The van der Waals surface area contributed by atoms with Crippen molar-refractivity contribution in [1.29, 1.82) is 0 Å². The minimum Gasteiger partial charge on any atom is -0.347 e. The zero-order valence-corrected chi connectivity index (χ0v) is 11.9. The van der Waals surface area contributed by atoms with Gasteiger partial charge in [-0.2, -0.15) is 0 Å². The molecule has 1 amide bonds. The summed E-state index contributed by atoms with van der Waals surface area (Å²) in [5, 5.41) is 2.80. The Bertz CT molecular complexity index is 667. The van der Waals surface area contributed by atoms with Gasteiger partial charge in [0.2, 0.25) is 0 Å². The number of para-hydroxylation sites is 1. The quantitative estimate of drug-likeness (QED) is 0.910. The predicted molar refractivity (Wildman–Crippen MR) is 79.3 cm³/mol. The zero-order valence-electron chi connectivity index (χ0n) is 11.9. The van der Waals surface area contributed by atoms with Crippen LogP contribution in [0.5, 0.6) is 0 Å². The standard InChI is InChI=1S/C16H18N2O2/c1-16(2,3)17-14(19)13-10-7-11-18(15(13)20)12-8-5-4-6-9-12/h4-11H,1-3H3,(H,17,19). The maximum Gasteiger partial charge on any atom is 0.267 e. The van der Waals surface area contributed by atoms with Crippen molar-refractivity contribution in [2.45, 2.75) is 26.3 Å². The summed E-state index contributed by atoms with van der Waals surface area (Å²) < 4.78 is 1.47. The molecule has 1 N–H and O–H groups in total. The Balaban J connectivity index is 2.44. The molecule has 0 atom stereocenters. The minimum absolute atomic E-state index is 0.145. The number of carbonyl (C=O) groups is 1. The van der Waals surface area contributed by atoms with E-state index >= 15 is 0 Å². The van der Waals surface area contributed by atoms with Gasteiger partial charge in [0.25, 0.3) is 11.5 Å². The molecule has 104 valence electrons. The molecular weight excluding hydrogens is 252 g/mol. The van der Waals surface area contributed by atoms with E-state index in [0.717, 1.165) is 5.69 Å². The number of rotatable bonds is 2. The molecule has 2 rings (SSSR count). The normalized spacial score (nSPS) is 11.2. The lowest BCUT2D eigenvalue weighted by Crippen LogP contribution is -2.43. The molecule has 2 aromatic rings. The van der Waals surface area contributed by atoms with E-state index in [1.165, 1.54) is 4.57 Å². The maximum atomic E-state index is 12.4. The smallest absolute Gasteiger partial charge is 0.267 e. The highest BCUT2D eigenvalue weighted by Crippen LogP contribution is 2.06. The first-order valence-electron chi connectivity index (χ1n) is 6.48. The van der Waals surface area contributed by atoms with Crippen LogP contribution in [0.25, 0.3) is 5.69 Å². The van der Waals surface area contributed by atoms with Crippen LogP contribution >= 0.6 is 0 Å². The highest BCUT2D eigenvalue weighted by atomic mass is 16.2. The summed E-state index contributed by atoms with van der Waals surface area (Å²) in [4.78, 5) is 24.5. The number of amides is 1. The lowest BCUT2D eigenvalue weighted by molar-refractivity contribution is 0.0917. The summed E-state index contributed by atoms with van der Waals surface area (Å²) in [5.74, 6) is -0.354. The van der Waals surface area contributed by atoms with Crippen LogP contribution in [0, 0.1) is 0 Å². The lowest BCUT2D eigenvalue weighted by Gasteiger charge is -2.20. The van der Waals surface area contributed by atoms with Crippen LogP contribution in [0.4, 0.5) is 0 Å². The van der Waals surface area contributed by atoms with E-state index in [1.807, 2.05) is 51.1 Å². The fraction of sp³-hybridized carbons (Fsp3) is 0.250. The van der Waals surface area contributed by atoms with Crippen molar-refractivity contribution in [1.82, 2.24) is 9.88 Å². The number of pyridine rings is 1. The molecule has 0 aliphatic heterocycles. The zero-order chi connectivity index (χ0) is 14.8. The monoisotopic (exact) mass is 270 g/mol. The SMILES string of the molecule is CC(C)(C)NC(=O)c1cccn(-c2ccccc2)c1=O. The van der Waals surface area contributed by atoms with Gasteiger partial charge in [0, 0.05) is 17.4 Å². The molecule has 0 spiro atoms. The topological polar surface area (TPSA) is 51.1 Å². The highest BCUT2D eigenvalue weighted by molar-refractivity contribution is 5.94. The number of hydrogen-bond donors (Lipinski definition) is 1. The van der Waals surface area contributed by atoms with E-state index in [9.17, 15) is 9.59 Å². The summed E-state index contributed by atoms with van der Waals surface area (Å²) >= 11 is 0. The molecule has 4 nitrogen and oxygen atoms in total. The number of nitrogens with one attached hydrogen (secondary N) is 1. The highest BCUT2D eigenvalue weighted by Gasteiger charge is 2.18. The second-order valence-corrected chi connectivity index (χ2v) is 5.64. The van der Waals surface area contributed by atoms with Crippen molar-refractivity contribution in [3.05, 3.63) is 64.6 Å². The first-order chi connectivity index (χ1) is 9.38. The Morgan fingerprint density at radius 1 is 1.05 bits per heavy atom. The Kier molecular flexibility index (Phi) is 3.74. The molecule has 0 radical (unpaired) electrons. The average molecular weight is 270 g/mol. The van der Waals surface area contributed by atoms with Crippen molar-refractivity contribution in [2.75, 3.05) is 0 Å². The Morgan fingerprint density at radius 3 is 2.30 bits per heavy atom. The number of hydrogen-bond acceptors (Lipinski definition) is 2. The maximum absolute atomic E-state index is 12.4. The minimum atomic E-state index is -0.378. The van der Waals surface area contributed by atoms with Crippen LogP contribution in [0.3, 0.4) is 0 Å². The van der Waals surface area contributed by atoms with Gasteiger partial charge in [0.05, 0.1) is 0 Å². The van der Waals surface area contributed by atoms with Crippen LogP contribution in [0.1, 0.15) is 31.1 Å². The summed E-state index contributed by atoms with van der Waals surface area (Å²) in [6, 6.07) is 12.5. The summed E-state index contributed by atoms with van der Waals surface area (Å²) in [6.07, 6.45) is 1.66. The number of carbonyl (C=O) groups excluding carboxylic acids is 1. The fourth-order valence-electron chi connectivity index (χ4n) is 1.87. The van der Waals surface area contributed by atoms with Gasteiger partial charge in [-0.3, -0.25) is 14.2 Å². The van der Waals surface area contributed by atoms with Gasteiger partial charge in [0.1, 0.15) is 5.56 Å². The molecule has 20 heavy (non-hydrogen) atoms. The van der Waals surface area contributed by atoms with Crippen molar-refractivity contribution < 1.29 is 4.79 Å². The molecule has 0 unspecified atom stereocenters. The number of benzene rings is 1. The van der Waals surface area contributed by atoms with E-state index in [1.54, 1.807) is 18.3 Å². The average Bonchev–Trinajstić information content (AvgIpc) is 2.38. The molecule has 4 heteroatoms. The van der Waals surface area contributed by atoms with E-state index in [2.05, 4.69) is 5.32 Å². The Morgan fingerprint density at radius 2 is 1.70 bits per heavy atom. The Hall–Kier alpha value is -2.36. The molecule has 1 aromatic carbocycles.